The quantitative estimate of drug-likeness (QED) is 0.179. The van der Waals surface area contributed by atoms with Crippen LogP contribution in [0.1, 0.15) is 0 Å². The molecule has 4 nitrogen and oxygen atoms in total. The highest BCUT2D eigenvalue weighted by Crippen LogP contribution is 2.41. The van der Waals surface area contributed by atoms with Gasteiger partial charge in [0.15, 0.2) is 0 Å². The van der Waals surface area contributed by atoms with E-state index in [4.69, 9.17) is 9.97 Å². The Bertz CT molecular complexity index is 3880. The van der Waals surface area contributed by atoms with Gasteiger partial charge < -0.3 is 4.57 Å². The summed E-state index contributed by atoms with van der Waals surface area (Å²) < 4.78 is 4.69. The molecule has 60 heavy (non-hydrogen) atoms. The number of nitrogens with zero attached hydrogens (tertiary/aromatic N) is 4. The average molecular weight is 763 g/mol. The van der Waals surface area contributed by atoms with Crippen molar-refractivity contribution in [3.63, 3.8) is 0 Å². The number of para-hydroxylation sites is 2. The molecule has 0 saturated heterocycles. The van der Waals surface area contributed by atoms with Crippen molar-refractivity contribution in [2.45, 2.75) is 0 Å². The molecule has 0 radical (unpaired) electrons. The summed E-state index contributed by atoms with van der Waals surface area (Å²) >= 11 is 0. The fourth-order valence-electron chi connectivity index (χ4n) is 9.82. The molecule has 0 aliphatic carbocycles. The first-order chi connectivity index (χ1) is 29.8. The predicted octanol–water partition coefficient (Wildman–Crippen LogP) is 14.6. The topological polar surface area (TPSA) is 35.6 Å². The summed E-state index contributed by atoms with van der Waals surface area (Å²) in [5, 5.41) is 13.3. The van der Waals surface area contributed by atoms with Gasteiger partial charge in [-0.1, -0.05) is 164 Å². The van der Waals surface area contributed by atoms with Crippen LogP contribution in [0.4, 0.5) is 0 Å². The molecule has 0 bridgehead atoms. The lowest BCUT2D eigenvalue weighted by molar-refractivity contribution is 1.01. The molecule has 278 valence electrons. The van der Waals surface area contributed by atoms with E-state index in [9.17, 15) is 0 Å². The summed E-state index contributed by atoms with van der Waals surface area (Å²) in [6.45, 7) is 0. The highest BCUT2D eigenvalue weighted by atomic mass is 15.2. The molecule has 13 aromatic rings. The SMILES string of the molecule is c1ccc2c(-c3ccc(-c4nc(-n5c6ccc(-n7c8ccccc8c8c9ccccc9ccc87)cc6c6c7ccccc7ccc65)nc5ccccc45)cc3)cccc2c1. The minimum absolute atomic E-state index is 0.646. The van der Waals surface area contributed by atoms with Gasteiger partial charge in [-0.25, -0.2) is 9.97 Å². The molecule has 0 spiro atoms. The lowest BCUT2D eigenvalue weighted by Gasteiger charge is -2.13. The van der Waals surface area contributed by atoms with Crippen LogP contribution >= 0.6 is 0 Å². The van der Waals surface area contributed by atoms with Crippen molar-refractivity contribution < 1.29 is 0 Å². The molecule has 0 saturated carbocycles. The number of rotatable bonds is 4. The molecule has 0 N–H and O–H groups in total. The molecule has 13 rings (SSSR count). The Hall–Kier alpha value is -8.08. The second kappa shape index (κ2) is 12.7. The van der Waals surface area contributed by atoms with Crippen molar-refractivity contribution in [1.29, 1.82) is 0 Å². The number of aromatic nitrogens is 4. The van der Waals surface area contributed by atoms with E-state index in [2.05, 4.69) is 215 Å². The van der Waals surface area contributed by atoms with Crippen molar-refractivity contribution in [1.82, 2.24) is 19.1 Å². The Morgan fingerprint density at radius 1 is 0.317 bits per heavy atom. The summed E-state index contributed by atoms with van der Waals surface area (Å²) in [5.41, 5.74) is 10.9. The molecule has 0 fully saturated rings. The van der Waals surface area contributed by atoms with Crippen LogP contribution < -0.4 is 0 Å². The second-order valence-electron chi connectivity index (χ2n) is 15.7. The van der Waals surface area contributed by atoms with E-state index < -0.39 is 0 Å². The summed E-state index contributed by atoms with van der Waals surface area (Å²) in [5.74, 6) is 0.646. The first kappa shape index (κ1) is 32.9. The van der Waals surface area contributed by atoms with Crippen molar-refractivity contribution in [3.05, 3.63) is 206 Å². The van der Waals surface area contributed by atoms with E-state index >= 15 is 0 Å². The largest absolute Gasteiger partial charge is 0.309 e. The number of hydrogen-bond donors (Lipinski definition) is 0. The highest BCUT2D eigenvalue weighted by molar-refractivity contribution is 6.23. The zero-order valence-electron chi connectivity index (χ0n) is 32.4. The Balaban J connectivity index is 1.05. The average Bonchev–Trinajstić information content (AvgIpc) is 3.84. The third-order valence-electron chi connectivity index (χ3n) is 12.5. The summed E-state index contributed by atoms with van der Waals surface area (Å²) in [6, 6.07) is 74.4. The van der Waals surface area contributed by atoms with Gasteiger partial charge in [-0.2, -0.15) is 0 Å². The monoisotopic (exact) mass is 762 g/mol. The minimum Gasteiger partial charge on any atom is -0.309 e. The third kappa shape index (κ3) is 4.79. The summed E-state index contributed by atoms with van der Waals surface area (Å²) in [4.78, 5) is 10.8. The molecular formula is C56H34N4. The van der Waals surface area contributed by atoms with Gasteiger partial charge in [0.05, 0.1) is 33.3 Å². The van der Waals surface area contributed by atoms with Crippen LogP contribution in [0, 0.1) is 0 Å². The fourth-order valence-corrected chi connectivity index (χ4v) is 9.82. The van der Waals surface area contributed by atoms with Crippen LogP contribution in [0.3, 0.4) is 0 Å². The van der Waals surface area contributed by atoms with Crippen LogP contribution in [0.2, 0.25) is 0 Å². The van der Waals surface area contributed by atoms with Crippen molar-refractivity contribution in [2.24, 2.45) is 0 Å². The smallest absolute Gasteiger partial charge is 0.235 e. The van der Waals surface area contributed by atoms with Gasteiger partial charge in [0.25, 0.3) is 0 Å². The zero-order chi connectivity index (χ0) is 39.3. The van der Waals surface area contributed by atoms with E-state index in [0.29, 0.717) is 5.95 Å². The van der Waals surface area contributed by atoms with Crippen molar-refractivity contribution >= 4 is 86.8 Å². The first-order valence-corrected chi connectivity index (χ1v) is 20.5. The molecule has 0 unspecified atom stereocenters. The maximum Gasteiger partial charge on any atom is 0.235 e. The van der Waals surface area contributed by atoms with Crippen LogP contribution in [-0.2, 0) is 0 Å². The van der Waals surface area contributed by atoms with E-state index in [1.165, 1.54) is 70.6 Å². The molecule has 0 aliphatic rings. The molecule has 10 aromatic carbocycles. The lowest BCUT2D eigenvalue weighted by Crippen LogP contribution is -2.03. The lowest BCUT2D eigenvalue weighted by atomic mass is 9.96. The molecule has 0 amide bonds. The van der Waals surface area contributed by atoms with Gasteiger partial charge in [0, 0.05) is 38.2 Å². The van der Waals surface area contributed by atoms with Crippen LogP contribution in [0.25, 0.3) is 121 Å². The molecular weight excluding hydrogens is 729 g/mol. The van der Waals surface area contributed by atoms with Gasteiger partial charge in [-0.15, -0.1) is 0 Å². The molecule has 3 aromatic heterocycles. The van der Waals surface area contributed by atoms with Gasteiger partial charge in [-0.05, 0) is 85.9 Å². The van der Waals surface area contributed by atoms with E-state index in [1.807, 2.05) is 0 Å². The maximum absolute atomic E-state index is 5.48. The number of benzene rings is 10. The van der Waals surface area contributed by atoms with Crippen molar-refractivity contribution in [2.75, 3.05) is 0 Å². The first-order valence-electron chi connectivity index (χ1n) is 20.5. The highest BCUT2D eigenvalue weighted by Gasteiger charge is 2.21. The van der Waals surface area contributed by atoms with E-state index in [1.54, 1.807) is 0 Å². The zero-order valence-corrected chi connectivity index (χ0v) is 32.4. The Labute approximate surface area is 344 Å². The molecule has 4 heteroatoms. The van der Waals surface area contributed by atoms with Crippen LogP contribution in [0.5, 0.6) is 0 Å². The summed E-state index contributed by atoms with van der Waals surface area (Å²) in [6.07, 6.45) is 0. The van der Waals surface area contributed by atoms with Crippen LogP contribution in [-0.4, -0.2) is 19.1 Å². The van der Waals surface area contributed by atoms with Crippen LogP contribution in [0.15, 0.2) is 206 Å². The normalized spacial score (nSPS) is 12.0. The maximum atomic E-state index is 5.48. The van der Waals surface area contributed by atoms with Gasteiger partial charge in [-0.3, -0.25) is 4.57 Å². The Morgan fingerprint density at radius 2 is 0.850 bits per heavy atom. The Kier molecular flexibility index (Phi) is 6.98. The van der Waals surface area contributed by atoms with Gasteiger partial charge >= 0.3 is 0 Å². The van der Waals surface area contributed by atoms with Gasteiger partial charge in [0.2, 0.25) is 5.95 Å². The minimum atomic E-state index is 0.646. The fraction of sp³-hybridized carbons (Fsp3) is 0. The van der Waals surface area contributed by atoms with Gasteiger partial charge in [0.1, 0.15) is 0 Å². The number of hydrogen-bond acceptors (Lipinski definition) is 2. The predicted molar refractivity (Wildman–Crippen MR) is 252 cm³/mol. The summed E-state index contributed by atoms with van der Waals surface area (Å²) in [7, 11) is 0. The molecule has 0 aliphatic heterocycles. The second-order valence-corrected chi connectivity index (χ2v) is 15.7. The molecule has 3 heterocycles. The molecule has 0 atom stereocenters. The van der Waals surface area contributed by atoms with E-state index in [0.717, 1.165) is 44.3 Å². The number of fused-ring (bicyclic) bond motifs is 12. The standard InChI is InChI=1S/C56H34N4/c1-4-16-41-35(12-1)15-11-21-42(41)38-24-26-39(27-25-38)55-45-19-7-9-22-48(45)57-56(58-55)60-50-33-30-40(34-47(50)54-44-18-6-3-14-37(44)29-32-52(54)60)59-49-23-10-8-20-46(49)53-43-17-5-2-13-36(43)28-31-51(53)59/h1-34H. The Morgan fingerprint density at radius 3 is 1.60 bits per heavy atom. The van der Waals surface area contributed by atoms with Crippen molar-refractivity contribution in [3.8, 4) is 34.0 Å². The third-order valence-corrected chi connectivity index (χ3v) is 12.5. The van der Waals surface area contributed by atoms with E-state index in [-0.39, 0.29) is 0 Å².